The Bertz CT molecular complexity index is 906. The van der Waals surface area contributed by atoms with E-state index in [9.17, 15) is 4.79 Å². The first kappa shape index (κ1) is 17.3. The first-order valence-electron chi connectivity index (χ1n) is 8.02. The molecule has 0 spiro atoms. The van der Waals surface area contributed by atoms with Crippen LogP contribution in [0.25, 0.3) is 11.3 Å². The molecule has 1 heterocycles. The van der Waals surface area contributed by atoms with E-state index in [4.69, 9.17) is 9.47 Å². The second-order valence-electron chi connectivity index (χ2n) is 5.59. The molecule has 2 aromatic carbocycles. The second kappa shape index (κ2) is 7.60. The number of methoxy groups -OCH3 is 2. The summed E-state index contributed by atoms with van der Waals surface area (Å²) in [4.78, 5) is 12.3. The summed E-state index contributed by atoms with van der Waals surface area (Å²) in [5.41, 5.74) is 3.47. The van der Waals surface area contributed by atoms with Crippen LogP contribution in [0.1, 0.15) is 5.69 Å². The molecule has 0 fully saturated rings. The molecule has 0 unspecified atom stereocenters. The minimum Gasteiger partial charge on any atom is -0.493 e. The number of aromatic amines is 1. The Kier molecular flexibility index (Phi) is 5.07. The minimum absolute atomic E-state index is 0.345. The van der Waals surface area contributed by atoms with Gasteiger partial charge in [0.1, 0.15) is 5.69 Å². The van der Waals surface area contributed by atoms with Crippen LogP contribution in [0.2, 0.25) is 0 Å². The fraction of sp³-hybridized carbons (Fsp3) is 0.158. The molecule has 0 bridgehead atoms. The number of rotatable bonds is 5. The van der Waals surface area contributed by atoms with E-state index < -0.39 is 0 Å². The molecule has 26 heavy (non-hydrogen) atoms. The van der Waals surface area contributed by atoms with Crippen LogP contribution in [0.3, 0.4) is 0 Å². The third-order valence-electron chi connectivity index (χ3n) is 3.87. The molecule has 0 aliphatic carbocycles. The molecule has 2 amide bonds. The van der Waals surface area contributed by atoms with Gasteiger partial charge in [0.2, 0.25) is 0 Å². The lowest BCUT2D eigenvalue weighted by Crippen LogP contribution is -2.20. The highest BCUT2D eigenvalue weighted by molar-refractivity contribution is 6.02. The van der Waals surface area contributed by atoms with Crippen molar-refractivity contribution in [2.24, 2.45) is 0 Å². The van der Waals surface area contributed by atoms with Gasteiger partial charge in [0.25, 0.3) is 0 Å². The van der Waals surface area contributed by atoms with Gasteiger partial charge in [0, 0.05) is 11.3 Å². The van der Waals surface area contributed by atoms with Crippen LogP contribution < -0.4 is 20.1 Å². The average Bonchev–Trinajstić information content (AvgIpc) is 3.02. The molecular formula is C19H20N4O3. The summed E-state index contributed by atoms with van der Waals surface area (Å²) in [6.45, 7) is 1.84. The summed E-state index contributed by atoms with van der Waals surface area (Å²) in [6.07, 6.45) is 0. The molecule has 1 aromatic heterocycles. The molecule has 3 aromatic rings. The van der Waals surface area contributed by atoms with E-state index in [-0.39, 0.29) is 6.03 Å². The molecular weight excluding hydrogens is 332 g/mol. The molecule has 3 N–H and O–H groups in total. The quantitative estimate of drug-likeness (QED) is 0.646. The third-order valence-corrected chi connectivity index (χ3v) is 3.87. The monoisotopic (exact) mass is 352 g/mol. The number of nitrogens with one attached hydrogen (secondary N) is 3. The highest BCUT2D eigenvalue weighted by Crippen LogP contribution is 2.35. The number of aryl methyl sites for hydroxylation is 1. The fourth-order valence-corrected chi connectivity index (χ4v) is 2.57. The van der Waals surface area contributed by atoms with Crippen molar-refractivity contribution in [3.8, 4) is 22.8 Å². The normalized spacial score (nSPS) is 10.3. The molecule has 0 saturated carbocycles. The van der Waals surface area contributed by atoms with Gasteiger partial charge in [0.05, 0.1) is 25.6 Å². The summed E-state index contributed by atoms with van der Waals surface area (Å²) in [5.74, 6) is 1.21. The number of nitrogens with zero attached hydrogens (tertiary/aromatic N) is 1. The van der Waals surface area contributed by atoms with Crippen LogP contribution in [0.5, 0.6) is 11.5 Å². The number of hydrogen-bond donors (Lipinski definition) is 3. The summed E-state index contributed by atoms with van der Waals surface area (Å²) < 4.78 is 10.6. The Morgan fingerprint density at radius 3 is 2.42 bits per heavy atom. The number of ether oxygens (including phenoxy) is 2. The number of para-hydroxylation sites is 1. The number of H-pyrrole nitrogens is 1. The largest absolute Gasteiger partial charge is 0.493 e. The van der Waals surface area contributed by atoms with E-state index in [2.05, 4.69) is 20.8 Å². The van der Waals surface area contributed by atoms with E-state index in [1.54, 1.807) is 20.3 Å². The Morgan fingerprint density at radius 2 is 1.73 bits per heavy atom. The van der Waals surface area contributed by atoms with E-state index in [0.717, 1.165) is 11.3 Å². The lowest BCUT2D eigenvalue weighted by Gasteiger charge is -2.11. The van der Waals surface area contributed by atoms with E-state index in [1.165, 1.54) is 0 Å². The maximum atomic E-state index is 12.3. The fourth-order valence-electron chi connectivity index (χ4n) is 2.57. The van der Waals surface area contributed by atoms with Crippen molar-refractivity contribution in [3.63, 3.8) is 0 Å². The van der Waals surface area contributed by atoms with Gasteiger partial charge in [-0.1, -0.05) is 18.2 Å². The number of anilines is 2. The number of urea groups is 1. The van der Waals surface area contributed by atoms with Crippen molar-refractivity contribution in [2.75, 3.05) is 24.9 Å². The van der Waals surface area contributed by atoms with Gasteiger partial charge in [-0.15, -0.1) is 0 Å². The smallest absolute Gasteiger partial charge is 0.323 e. The van der Waals surface area contributed by atoms with E-state index in [1.807, 2.05) is 49.4 Å². The number of carbonyl (C=O) groups is 1. The minimum atomic E-state index is -0.345. The molecule has 7 nitrogen and oxygen atoms in total. The predicted molar refractivity (Wildman–Crippen MR) is 101 cm³/mol. The van der Waals surface area contributed by atoms with Gasteiger partial charge in [0.15, 0.2) is 11.5 Å². The average molecular weight is 352 g/mol. The van der Waals surface area contributed by atoms with Crippen molar-refractivity contribution in [2.45, 2.75) is 6.92 Å². The Morgan fingerprint density at radius 1 is 1.00 bits per heavy atom. The highest BCUT2D eigenvalue weighted by Gasteiger charge is 2.17. The Hall–Kier alpha value is -3.48. The van der Waals surface area contributed by atoms with Crippen LogP contribution in [-0.4, -0.2) is 30.4 Å². The number of aromatic nitrogens is 2. The number of hydrogen-bond acceptors (Lipinski definition) is 4. The zero-order chi connectivity index (χ0) is 18.5. The van der Waals surface area contributed by atoms with Gasteiger partial charge in [-0.25, -0.2) is 4.79 Å². The lowest BCUT2D eigenvalue weighted by atomic mass is 10.1. The van der Waals surface area contributed by atoms with Crippen molar-refractivity contribution < 1.29 is 14.3 Å². The summed E-state index contributed by atoms with van der Waals surface area (Å²) >= 11 is 0. The molecule has 0 saturated heterocycles. The van der Waals surface area contributed by atoms with Gasteiger partial charge in [-0.3, -0.25) is 5.10 Å². The lowest BCUT2D eigenvalue weighted by molar-refractivity contribution is 0.262. The molecule has 0 aliphatic heterocycles. The van der Waals surface area contributed by atoms with Gasteiger partial charge in [-0.2, -0.15) is 5.10 Å². The van der Waals surface area contributed by atoms with E-state index >= 15 is 0 Å². The van der Waals surface area contributed by atoms with Gasteiger partial charge >= 0.3 is 6.03 Å². The predicted octanol–water partition coefficient (Wildman–Crippen LogP) is 4.05. The summed E-state index contributed by atoms with van der Waals surface area (Å²) in [7, 11) is 3.15. The Balaban J connectivity index is 1.86. The van der Waals surface area contributed by atoms with Gasteiger partial charge in [-0.05, 0) is 37.3 Å². The molecule has 3 rings (SSSR count). The molecule has 0 radical (unpaired) electrons. The number of benzene rings is 2. The second-order valence-corrected chi connectivity index (χ2v) is 5.59. The number of carbonyl (C=O) groups excluding carboxylic acids is 1. The first-order valence-corrected chi connectivity index (χ1v) is 8.02. The summed E-state index contributed by atoms with van der Waals surface area (Å²) in [5, 5.41) is 12.9. The number of amides is 2. The van der Waals surface area contributed by atoms with Crippen molar-refractivity contribution in [1.82, 2.24) is 10.2 Å². The summed E-state index contributed by atoms with van der Waals surface area (Å²) in [6, 6.07) is 14.4. The Labute approximate surface area is 151 Å². The van der Waals surface area contributed by atoms with Crippen LogP contribution in [0.4, 0.5) is 16.2 Å². The van der Waals surface area contributed by atoms with E-state index in [0.29, 0.717) is 28.6 Å². The van der Waals surface area contributed by atoms with Crippen molar-refractivity contribution in [1.29, 1.82) is 0 Å². The van der Waals surface area contributed by atoms with Crippen LogP contribution in [0.15, 0.2) is 48.5 Å². The maximum absolute atomic E-state index is 12.3. The zero-order valence-electron chi connectivity index (χ0n) is 14.8. The van der Waals surface area contributed by atoms with Crippen LogP contribution in [-0.2, 0) is 0 Å². The SMILES string of the molecule is COc1ccc(-c2n[nH]c(C)c2NC(=O)Nc2ccccc2)cc1OC. The van der Waals surface area contributed by atoms with Crippen LogP contribution in [0, 0.1) is 6.92 Å². The van der Waals surface area contributed by atoms with Crippen molar-refractivity contribution in [3.05, 3.63) is 54.2 Å². The molecule has 7 heteroatoms. The maximum Gasteiger partial charge on any atom is 0.323 e. The van der Waals surface area contributed by atoms with Crippen LogP contribution >= 0.6 is 0 Å². The zero-order valence-corrected chi connectivity index (χ0v) is 14.8. The highest BCUT2D eigenvalue weighted by atomic mass is 16.5. The topological polar surface area (TPSA) is 88.3 Å². The molecule has 134 valence electrons. The molecule has 0 atom stereocenters. The standard InChI is InChI=1S/C19H20N4O3/c1-12-17(21-19(24)20-14-7-5-4-6-8-14)18(23-22-12)13-9-10-15(25-2)16(11-13)26-3/h4-11H,1-3H3,(H,22,23)(H2,20,21,24). The van der Waals surface area contributed by atoms with Gasteiger partial charge < -0.3 is 20.1 Å². The molecule has 0 aliphatic rings. The third kappa shape index (κ3) is 3.61. The van der Waals surface area contributed by atoms with Crippen molar-refractivity contribution >= 4 is 17.4 Å². The first-order chi connectivity index (χ1) is 12.6.